The third-order valence-corrected chi connectivity index (χ3v) is 4.04. The summed E-state index contributed by atoms with van der Waals surface area (Å²) in [7, 11) is 1.32. The number of aromatic hydroxyl groups is 1. The number of phenols is 1. The Morgan fingerprint density at radius 2 is 1.75 bits per heavy atom. The normalized spacial score (nSPS) is 11.6. The van der Waals surface area contributed by atoms with Crippen molar-refractivity contribution < 1.29 is 19.4 Å². The van der Waals surface area contributed by atoms with Crippen molar-refractivity contribution in [3.8, 4) is 5.75 Å². The third-order valence-electron chi connectivity index (χ3n) is 3.51. The molecule has 0 aliphatic carbocycles. The van der Waals surface area contributed by atoms with Crippen LogP contribution in [0, 0.1) is 0 Å². The van der Waals surface area contributed by atoms with Crippen molar-refractivity contribution in [3.05, 3.63) is 64.1 Å². The summed E-state index contributed by atoms with van der Waals surface area (Å²) in [6, 6.07) is 13.4. The molecule has 0 radical (unpaired) electrons. The maximum absolute atomic E-state index is 12.3. The Morgan fingerprint density at radius 1 is 1.12 bits per heavy atom. The van der Waals surface area contributed by atoms with E-state index in [0.717, 1.165) is 15.6 Å². The van der Waals surface area contributed by atoms with Gasteiger partial charge in [-0.1, -0.05) is 40.2 Å². The second-order valence-corrected chi connectivity index (χ2v) is 6.21. The van der Waals surface area contributed by atoms with Gasteiger partial charge in [-0.15, -0.1) is 0 Å². The zero-order valence-electron chi connectivity index (χ0n) is 13.2. The molecule has 0 saturated carbocycles. The lowest BCUT2D eigenvalue weighted by molar-refractivity contribution is -0.141. The molecule has 1 atom stereocenters. The minimum atomic E-state index is -0.463. The van der Waals surface area contributed by atoms with E-state index in [4.69, 9.17) is 4.74 Å². The summed E-state index contributed by atoms with van der Waals surface area (Å²) in [5.74, 6) is -0.456. The largest absolute Gasteiger partial charge is 0.508 e. The number of hydrogen-bond donors (Lipinski definition) is 2. The molecule has 0 bridgehead atoms. The van der Waals surface area contributed by atoms with E-state index in [1.54, 1.807) is 12.1 Å². The lowest BCUT2D eigenvalue weighted by Gasteiger charge is -2.18. The summed E-state index contributed by atoms with van der Waals surface area (Å²) in [6.45, 7) is 0. The molecule has 1 unspecified atom stereocenters. The van der Waals surface area contributed by atoms with Crippen LogP contribution in [0.1, 0.15) is 23.6 Å². The van der Waals surface area contributed by atoms with Gasteiger partial charge in [0, 0.05) is 4.47 Å². The van der Waals surface area contributed by atoms with Crippen LogP contribution in [0.5, 0.6) is 5.75 Å². The highest BCUT2D eigenvalue weighted by atomic mass is 79.9. The number of phenolic OH excluding ortho intramolecular Hbond substituents is 1. The van der Waals surface area contributed by atoms with Crippen LogP contribution in [0.15, 0.2) is 53.0 Å². The van der Waals surface area contributed by atoms with Gasteiger partial charge in [-0.25, -0.2) is 0 Å². The third kappa shape index (κ3) is 5.38. The predicted octanol–water partition coefficient (Wildman–Crippen LogP) is 3.12. The van der Waals surface area contributed by atoms with E-state index in [2.05, 4.69) is 21.2 Å². The number of nitrogens with one attached hydrogen (secondary N) is 1. The van der Waals surface area contributed by atoms with E-state index in [1.165, 1.54) is 19.2 Å². The predicted molar refractivity (Wildman–Crippen MR) is 93.5 cm³/mol. The first kappa shape index (κ1) is 18.0. The number of carbonyl (C=O) groups is 2. The molecule has 0 fully saturated rings. The van der Waals surface area contributed by atoms with Gasteiger partial charge in [0.2, 0.25) is 5.91 Å². The van der Waals surface area contributed by atoms with Crippen molar-refractivity contribution in [2.24, 2.45) is 0 Å². The van der Waals surface area contributed by atoms with E-state index in [-0.39, 0.29) is 24.5 Å². The monoisotopic (exact) mass is 391 g/mol. The summed E-state index contributed by atoms with van der Waals surface area (Å²) in [6.07, 6.45) is 0.216. The minimum Gasteiger partial charge on any atom is -0.508 e. The molecule has 24 heavy (non-hydrogen) atoms. The molecule has 0 aliphatic rings. The Balaban J connectivity index is 2.08. The first-order chi connectivity index (χ1) is 11.5. The number of carbonyl (C=O) groups excluding carboxylic acids is 2. The van der Waals surface area contributed by atoms with E-state index >= 15 is 0 Å². The van der Waals surface area contributed by atoms with Crippen molar-refractivity contribution in [1.82, 2.24) is 5.32 Å². The highest BCUT2D eigenvalue weighted by molar-refractivity contribution is 9.10. The molecule has 2 aromatic carbocycles. The molecule has 5 nitrogen and oxygen atoms in total. The zero-order chi connectivity index (χ0) is 17.5. The van der Waals surface area contributed by atoms with E-state index in [9.17, 15) is 14.7 Å². The molecular weight excluding hydrogens is 374 g/mol. The Labute approximate surface area is 148 Å². The Kier molecular flexibility index (Phi) is 6.37. The summed E-state index contributed by atoms with van der Waals surface area (Å²) in [4.78, 5) is 23.9. The van der Waals surface area contributed by atoms with Gasteiger partial charge in [0.15, 0.2) is 0 Å². The van der Waals surface area contributed by atoms with Gasteiger partial charge < -0.3 is 15.2 Å². The number of benzene rings is 2. The van der Waals surface area contributed by atoms with Gasteiger partial charge >= 0.3 is 5.97 Å². The van der Waals surface area contributed by atoms with Crippen LogP contribution in [-0.4, -0.2) is 24.1 Å². The first-order valence-electron chi connectivity index (χ1n) is 7.37. The molecule has 126 valence electrons. The molecule has 6 heteroatoms. The fourth-order valence-electron chi connectivity index (χ4n) is 2.24. The first-order valence-corrected chi connectivity index (χ1v) is 8.17. The number of esters is 1. The lowest BCUT2D eigenvalue weighted by atomic mass is 10.0. The molecular formula is C18H18BrNO4. The molecule has 0 heterocycles. The number of hydrogen-bond acceptors (Lipinski definition) is 4. The number of ether oxygens (including phenoxy) is 1. The van der Waals surface area contributed by atoms with Crippen molar-refractivity contribution >= 4 is 27.8 Å². The van der Waals surface area contributed by atoms with Crippen molar-refractivity contribution in [1.29, 1.82) is 0 Å². The quantitative estimate of drug-likeness (QED) is 0.741. The molecule has 0 aliphatic heterocycles. The standard InChI is InChI=1S/C18H18BrNO4/c1-24-18(23)11-16(13-4-6-14(19)7-5-13)20-17(22)10-12-2-8-15(21)9-3-12/h2-9,16,21H,10-11H2,1H3,(H,20,22). The highest BCUT2D eigenvalue weighted by Gasteiger charge is 2.19. The van der Waals surface area contributed by atoms with Gasteiger partial charge in [-0.2, -0.15) is 0 Å². The number of halogens is 1. The van der Waals surface area contributed by atoms with Crippen LogP contribution in [-0.2, 0) is 20.7 Å². The van der Waals surface area contributed by atoms with Gasteiger partial charge in [0.1, 0.15) is 5.75 Å². The minimum absolute atomic E-state index is 0.0550. The molecule has 2 aromatic rings. The SMILES string of the molecule is COC(=O)CC(NC(=O)Cc1ccc(O)cc1)c1ccc(Br)cc1. The van der Waals surface area contributed by atoms with Crippen LogP contribution in [0.3, 0.4) is 0 Å². The molecule has 0 spiro atoms. The van der Waals surface area contributed by atoms with Crippen molar-refractivity contribution in [3.63, 3.8) is 0 Å². The second-order valence-electron chi connectivity index (χ2n) is 5.30. The topological polar surface area (TPSA) is 75.6 Å². The van der Waals surface area contributed by atoms with Gasteiger partial charge in [0.05, 0.1) is 26.0 Å². The fraction of sp³-hybridized carbons (Fsp3) is 0.222. The van der Waals surface area contributed by atoms with Crippen LogP contribution in [0.2, 0.25) is 0 Å². The Hall–Kier alpha value is -2.34. The summed E-state index contributed by atoms with van der Waals surface area (Å²) >= 11 is 3.36. The average Bonchev–Trinajstić information content (AvgIpc) is 2.57. The van der Waals surface area contributed by atoms with Crippen LogP contribution >= 0.6 is 15.9 Å². The van der Waals surface area contributed by atoms with Gasteiger partial charge in [-0.05, 0) is 35.4 Å². The van der Waals surface area contributed by atoms with Crippen molar-refractivity contribution in [2.75, 3.05) is 7.11 Å². The summed E-state index contributed by atoms with van der Waals surface area (Å²) in [5, 5.41) is 12.1. The smallest absolute Gasteiger partial charge is 0.307 e. The highest BCUT2D eigenvalue weighted by Crippen LogP contribution is 2.20. The van der Waals surface area contributed by atoms with Crippen LogP contribution in [0.4, 0.5) is 0 Å². The van der Waals surface area contributed by atoms with E-state index in [0.29, 0.717) is 0 Å². The molecule has 1 amide bonds. The number of amides is 1. The summed E-state index contributed by atoms with van der Waals surface area (Å²) < 4.78 is 5.63. The maximum atomic E-state index is 12.3. The Morgan fingerprint density at radius 3 is 2.33 bits per heavy atom. The van der Waals surface area contributed by atoms with Gasteiger partial charge in [-0.3, -0.25) is 9.59 Å². The van der Waals surface area contributed by atoms with E-state index in [1.807, 2.05) is 24.3 Å². The lowest BCUT2D eigenvalue weighted by Crippen LogP contribution is -2.31. The van der Waals surface area contributed by atoms with Crippen molar-refractivity contribution in [2.45, 2.75) is 18.9 Å². The Bertz CT molecular complexity index is 698. The second kappa shape index (κ2) is 8.49. The summed E-state index contributed by atoms with van der Waals surface area (Å²) in [5.41, 5.74) is 1.60. The van der Waals surface area contributed by atoms with Gasteiger partial charge in [0.25, 0.3) is 0 Å². The molecule has 2 N–H and O–H groups in total. The maximum Gasteiger partial charge on any atom is 0.307 e. The average molecular weight is 392 g/mol. The van der Waals surface area contributed by atoms with Crippen LogP contribution in [0.25, 0.3) is 0 Å². The molecule has 0 aromatic heterocycles. The van der Waals surface area contributed by atoms with E-state index < -0.39 is 12.0 Å². The van der Waals surface area contributed by atoms with Crippen LogP contribution < -0.4 is 5.32 Å². The zero-order valence-corrected chi connectivity index (χ0v) is 14.7. The number of methoxy groups -OCH3 is 1. The number of rotatable bonds is 6. The molecule has 0 saturated heterocycles. The fourth-order valence-corrected chi connectivity index (χ4v) is 2.51. The molecule has 2 rings (SSSR count).